The van der Waals surface area contributed by atoms with Gasteiger partial charge in [0.2, 0.25) is 0 Å². The zero-order chi connectivity index (χ0) is 15.2. The van der Waals surface area contributed by atoms with Gasteiger partial charge < -0.3 is 14.8 Å². The normalized spacial score (nSPS) is 20.0. The molecule has 0 saturated carbocycles. The molecular formula is C17H28N2O2. The highest BCUT2D eigenvalue weighted by atomic mass is 16.5. The van der Waals surface area contributed by atoms with E-state index in [1.807, 2.05) is 7.05 Å². The van der Waals surface area contributed by atoms with Gasteiger partial charge in [0.15, 0.2) is 0 Å². The Kier molecular flexibility index (Phi) is 6.03. The monoisotopic (exact) mass is 292 g/mol. The summed E-state index contributed by atoms with van der Waals surface area (Å²) in [6, 6.07) is 6.78. The summed E-state index contributed by atoms with van der Waals surface area (Å²) in [4.78, 5) is 2.32. The zero-order valence-electron chi connectivity index (χ0n) is 13.7. The van der Waals surface area contributed by atoms with E-state index in [9.17, 15) is 0 Å². The molecule has 2 unspecified atom stereocenters. The van der Waals surface area contributed by atoms with E-state index < -0.39 is 0 Å². The van der Waals surface area contributed by atoms with Crippen LogP contribution in [0.15, 0.2) is 18.2 Å². The summed E-state index contributed by atoms with van der Waals surface area (Å²) in [7, 11) is 5.87. The molecule has 1 fully saturated rings. The number of methoxy groups -OCH3 is 1. The van der Waals surface area contributed by atoms with E-state index in [1.54, 1.807) is 7.11 Å². The minimum absolute atomic E-state index is 0.345. The molecule has 4 heteroatoms. The Morgan fingerprint density at radius 3 is 2.90 bits per heavy atom. The molecule has 21 heavy (non-hydrogen) atoms. The first-order valence-corrected chi connectivity index (χ1v) is 7.78. The molecule has 0 aliphatic carbocycles. The summed E-state index contributed by atoms with van der Waals surface area (Å²) in [6.07, 6.45) is 2.76. The van der Waals surface area contributed by atoms with Crippen molar-refractivity contribution in [1.82, 2.24) is 10.2 Å². The molecule has 1 aromatic rings. The molecule has 0 spiro atoms. The molecule has 1 aromatic carbocycles. The quantitative estimate of drug-likeness (QED) is 0.837. The van der Waals surface area contributed by atoms with E-state index in [2.05, 4.69) is 42.4 Å². The van der Waals surface area contributed by atoms with Crippen LogP contribution in [-0.2, 0) is 11.3 Å². The molecule has 1 N–H and O–H groups in total. The van der Waals surface area contributed by atoms with E-state index >= 15 is 0 Å². The van der Waals surface area contributed by atoms with E-state index in [1.165, 1.54) is 24.0 Å². The van der Waals surface area contributed by atoms with Gasteiger partial charge in [0, 0.05) is 31.3 Å². The summed E-state index contributed by atoms with van der Waals surface area (Å²) in [5.41, 5.74) is 2.52. The predicted molar refractivity (Wildman–Crippen MR) is 85.8 cm³/mol. The number of nitrogens with zero attached hydrogens (tertiary/aromatic N) is 1. The van der Waals surface area contributed by atoms with Crippen molar-refractivity contribution >= 4 is 0 Å². The van der Waals surface area contributed by atoms with Gasteiger partial charge in [0.25, 0.3) is 0 Å². The third kappa shape index (κ3) is 4.43. The lowest BCUT2D eigenvalue weighted by molar-refractivity contribution is 0.0791. The largest absolute Gasteiger partial charge is 0.496 e. The van der Waals surface area contributed by atoms with Crippen LogP contribution in [0.3, 0.4) is 0 Å². The highest BCUT2D eigenvalue weighted by Gasteiger charge is 2.18. The van der Waals surface area contributed by atoms with Crippen molar-refractivity contribution in [3.63, 3.8) is 0 Å². The summed E-state index contributed by atoms with van der Waals surface area (Å²) >= 11 is 0. The first-order chi connectivity index (χ1) is 10.1. The Bertz CT molecular complexity index is 444. The van der Waals surface area contributed by atoms with Crippen molar-refractivity contribution in [3.05, 3.63) is 29.3 Å². The smallest absolute Gasteiger partial charge is 0.123 e. The maximum atomic E-state index is 5.71. The van der Waals surface area contributed by atoms with Crippen molar-refractivity contribution in [3.8, 4) is 5.75 Å². The topological polar surface area (TPSA) is 33.7 Å². The van der Waals surface area contributed by atoms with Crippen molar-refractivity contribution < 1.29 is 9.47 Å². The van der Waals surface area contributed by atoms with Gasteiger partial charge in [-0.05, 0) is 51.6 Å². The second-order valence-corrected chi connectivity index (χ2v) is 5.91. The third-order valence-electron chi connectivity index (χ3n) is 4.22. The Morgan fingerprint density at radius 2 is 2.29 bits per heavy atom. The highest BCUT2D eigenvalue weighted by Crippen LogP contribution is 2.25. The Balaban J connectivity index is 2.05. The van der Waals surface area contributed by atoms with Gasteiger partial charge in [-0.3, -0.25) is 4.90 Å². The molecular weight excluding hydrogens is 264 g/mol. The molecule has 1 heterocycles. The molecule has 0 aromatic heterocycles. The van der Waals surface area contributed by atoms with Crippen LogP contribution >= 0.6 is 0 Å². The van der Waals surface area contributed by atoms with E-state index in [0.717, 1.165) is 25.4 Å². The molecule has 0 radical (unpaired) electrons. The highest BCUT2D eigenvalue weighted by molar-refractivity contribution is 5.38. The molecule has 2 rings (SSSR count). The van der Waals surface area contributed by atoms with Gasteiger partial charge >= 0.3 is 0 Å². The number of hydrogen-bond acceptors (Lipinski definition) is 4. The predicted octanol–water partition coefficient (Wildman–Crippen LogP) is 2.59. The molecule has 1 aliphatic heterocycles. The van der Waals surface area contributed by atoms with Gasteiger partial charge in [-0.2, -0.15) is 0 Å². The molecule has 2 atom stereocenters. The lowest BCUT2D eigenvalue weighted by Gasteiger charge is -2.22. The lowest BCUT2D eigenvalue weighted by Crippen LogP contribution is -2.28. The van der Waals surface area contributed by atoms with Crippen LogP contribution < -0.4 is 10.1 Å². The van der Waals surface area contributed by atoms with Crippen molar-refractivity contribution in [2.45, 2.75) is 38.5 Å². The number of nitrogens with one attached hydrogen (secondary N) is 1. The van der Waals surface area contributed by atoms with Crippen LogP contribution in [0.1, 0.15) is 36.9 Å². The van der Waals surface area contributed by atoms with Gasteiger partial charge in [0.05, 0.1) is 13.2 Å². The summed E-state index contributed by atoms with van der Waals surface area (Å²) in [5, 5.41) is 3.28. The number of rotatable bonds is 7. The average Bonchev–Trinajstić information content (AvgIpc) is 2.99. The van der Waals surface area contributed by atoms with Crippen LogP contribution in [0.5, 0.6) is 5.75 Å². The number of benzene rings is 1. The Labute approximate surface area is 128 Å². The summed E-state index contributed by atoms with van der Waals surface area (Å²) < 4.78 is 11.2. The first-order valence-electron chi connectivity index (χ1n) is 7.78. The standard InChI is InChI=1S/C17H28N2O2/c1-13(18-2)14-7-8-17(20-4)15(10-14)11-19(3)12-16-6-5-9-21-16/h7-8,10,13,16,18H,5-6,9,11-12H2,1-4H3. The molecule has 4 nitrogen and oxygen atoms in total. The van der Waals surface area contributed by atoms with Crippen LogP contribution in [0.2, 0.25) is 0 Å². The molecule has 1 saturated heterocycles. The molecule has 118 valence electrons. The summed E-state index contributed by atoms with van der Waals surface area (Å²) in [6.45, 7) is 4.95. The number of ether oxygens (including phenoxy) is 2. The minimum Gasteiger partial charge on any atom is -0.496 e. The van der Waals surface area contributed by atoms with Crippen LogP contribution in [0.4, 0.5) is 0 Å². The third-order valence-corrected chi connectivity index (χ3v) is 4.22. The van der Waals surface area contributed by atoms with Gasteiger partial charge in [0.1, 0.15) is 5.75 Å². The Morgan fingerprint density at radius 1 is 1.48 bits per heavy atom. The second kappa shape index (κ2) is 7.78. The molecule has 1 aliphatic rings. The fraction of sp³-hybridized carbons (Fsp3) is 0.647. The number of hydrogen-bond donors (Lipinski definition) is 1. The fourth-order valence-corrected chi connectivity index (χ4v) is 2.85. The SMILES string of the molecule is CNC(C)c1ccc(OC)c(CN(C)CC2CCCO2)c1. The first kappa shape index (κ1) is 16.3. The van der Waals surface area contributed by atoms with E-state index in [-0.39, 0.29) is 0 Å². The molecule has 0 amide bonds. The minimum atomic E-state index is 0.345. The average molecular weight is 292 g/mol. The maximum absolute atomic E-state index is 5.71. The van der Waals surface area contributed by atoms with Gasteiger partial charge in [-0.25, -0.2) is 0 Å². The van der Waals surface area contributed by atoms with Crippen molar-refractivity contribution in [2.24, 2.45) is 0 Å². The van der Waals surface area contributed by atoms with E-state index in [0.29, 0.717) is 12.1 Å². The lowest BCUT2D eigenvalue weighted by atomic mass is 10.0. The van der Waals surface area contributed by atoms with Gasteiger partial charge in [-0.15, -0.1) is 0 Å². The van der Waals surface area contributed by atoms with Gasteiger partial charge in [-0.1, -0.05) is 6.07 Å². The fourth-order valence-electron chi connectivity index (χ4n) is 2.85. The second-order valence-electron chi connectivity index (χ2n) is 5.91. The van der Waals surface area contributed by atoms with E-state index in [4.69, 9.17) is 9.47 Å². The molecule has 0 bridgehead atoms. The zero-order valence-corrected chi connectivity index (χ0v) is 13.7. The maximum Gasteiger partial charge on any atom is 0.123 e. The Hall–Kier alpha value is -1.10. The number of likely N-dealkylation sites (N-methyl/N-ethyl adjacent to an activating group) is 1. The van der Waals surface area contributed by atoms with Crippen LogP contribution in [0, 0.1) is 0 Å². The van der Waals surface area contributed by atoms with Crippen LogP contribution in [0.25, 0.3) is 0 Å². The van der Waals surface area contributed by atoms with Crippen molar-refractivity contribution in [2.75, 3.05) is 34.4 Å². The summed E-state index contributed by atoms with van der Waals surface area (Å²) in [5.74, 6) is 0.959. The van der Waals surface area contributed by atoms with Crippen LogP contribution in [-0.4, -0.2) is 45.4 Å². The van der Waals surface area contributed by atoms with Crippen molar-refractivity contribution in [1.29, 1.82) is 0 Å².